The van der Waals surface area contributed by atoms with E-state index in [1.165, 1.54) is 0 Å². The molecule has 0 bridgehead atoms. The van der Waals surface area contributed by atoms with Crippen LogP contribution in [-0.4, -0.2) is 36.8 Å². The first-order valence-electron chi connectivity index (χ1n) is 2.59. The van der Waals surface area contributed by atoms with Crippen LogP contribution in [0.2, 0.25) is 0 Å². The van der Waals surface area contributed by atoms with E-state index >= 15 is 0 Å². The van der Waals surface area contributed by atoms with Crippen molar-refractivity contribution in [2.45, 2.75) is 0 Å². The van der Waals surface area contributed by atoms with Gasteiger partial charge >= 0.3 is 0 Å². The molecule has 0 atom stereocenters. The van der Waals surface area contributed by atoms with Crippen molar-refractivity contribution >= 4 is 17.3 Å². The highest BCUT2D eigenvalue weighted by Crippen LogP contribution is 1.97. The van der Waals surface area contributed by atoms with Gasteiger partial charge in [0.05, 0.1) is 12.5 Å². The van der Waals surface area contributed by atoms with Crippen LogP contribution in [0.3, 0.4) is 0 Å². The smallest absolute Gasteiger partial charge is 0.0910 e. The predicted octanol–water partition coefficient (Wildman–Crippen LogP) is 0.569. The van der Waals surface area contributed by atoms with E-state index < -0.39 is 0 Å². The van der Waals surface area contributed by atoms with Crippen molar-refractivity contribution in [3.63, 3.8) is 0 Å². The van der Waals surface area contributed by atoms with Crippen LogP contribution in [0.5, 0.6) is 0 Å². The maximum absolute atomic E-state index is 5.52. The molecule has 0 radical (unpaired) electrons. The standard InChI is InChI=1S/C5H9ClN2/c1-8-3-5(2-6)7-4-8/h2-4H2,1H3. The number of hydrogen-bond acceptors (Lipinski definition) is 2. The van der Waals surface area contributed by atoms with E-state index in [0.717, 1.165) is 18.9 Å². The highest BCUT2D eigenvalue weighted by Gasteiger charge is 2.08. The van der Waals surface area contributed by atoms with E-state index in [1.807, 2.05) is 7.05 Å². The van der Waals surface area contributed by atoms with Gasteiger partial charge in [-0.25, -0.2) is 0 Å². The zero-order chi connectivity index (χ0) is 5.98. The van der Waals surface area contributed by atoms with Gasteiger partial charge in [0.15, 0.2) is 0 Å². The molecule has 0 unspecified atom stereocenters. The third-order valence-electron chi connectivity index (χ3n) is 1.14. The van der Waals surface area contributed by atoms with Crippen molar-refractivity contribution in [3.05, 3.63) is 0 Å². The van der Waals surface area contributed by atoms with Gasteiger partial charge in [0.2, 0.25) is 0 Å². The first kappa shape index (κ1) is 6.05. The Morgan fingerprint density at radius 1 is 1.88 bits per heavy atom. The molecule has 0 spiro atoms. The second-order valence-corrected chi connectivity index (χ2v) is 2.28. The maximum atomic E-state index is 5.52. The summed E-state index contributed by atoms with van der Waals surface area (Å²) in [7, 11) is 2.03. The Labute approximate surface area is 54.2 Å². The Kier molecular flexibility index (Phi) is 1.86. The van der Waals surface area contributed by atoms with E-state index in [9.17, 15) is 0 Å². The molecule has 2 nitrogen and oxygen atoms in total. The molecule has 1 heterocycles. The quantitative estimate of drug-likeness (QED) is 0.477. The summed E-state index contributed by atoms with van der Waals surface area (Å²) < 4.78 is 0. The number of rotatable bonds is 1. The Balaban J connectivity index is 2.37. The lowest BCUT2D eigenvalue weighted by Gasteiger charge is -2.01. The first-order valence-corrected chi connectivity index (χ1v) is 3.13. The Bertz CT molecular complexity index is 111. The van der Waals surface area contributed by atoms with Crippen molar-refractivity contribution in [2.75, 3.05) is 26.1 Å². The largest absolute Gasteiger partial charge is 0.282 e. The number of alkyl halides is 1. The van der Waals surface area contributed by atoms with Crippen molar-refractivity contribution in [1.29, 1.82) is 0 Å². The monoisotopic (exact) mass is 132 g/mol. The fraction of sp³-hybridized carbons (Fsp3) is 0.800. The zero-order valence-electron chi connectivity index (χ0n) is 4.89. The fourth-order valence-corrected chi connectivity index (χ4v) is 0.886. The molecule has 0 aromatic carbocycles. The van der Waals surface area contributed by atoms with Gasteiger partial charge in [-0.15, -0.1) is 11.6 Å². The summed E-state index contributed by atoms with van der Waals surface area (Å²) in [6.45, 7) is 1.77. The second kappa shape index (κ2) is 2.46. The molecule has 0 fully saturated rings. The highest BCUT2D eigenvalue weighted by molar-refractivity contribution is 6.29. The molecule has 0 amide bonds. The molecule has 46 valence electrons. The normalized spacial score (nSPS) is 21.5. The van der Waals surface area contributed by atoms with Crippen LogP contribution in [0.15, 0.2) is 4.99 Å². The molecule has 1 aliphatic heterocycles. The minimum Gasteiger partial charge on any atom is -0.282 e. The Morgan fingerprint density at radius 3 is 2.88 bits per heavy atom. The summed E-state index contributed by atoms with van der Waals surface area (Å²) in [6, 6.07) is 0. The molecule has 1 aliphatic rings. The SMILES string of the molecule is CN1CN=C(CCl)C1. The summed E-state index contributed by atoms with van der Waals surface area (Å²) in [5.74, 6) is 0.588. The van der Waals surface area contributed by atoms with Gasteiger partial charge in [-0.3, -0.25) is 9.89 Å². The lowest BCUT2D eigenvalue weighted by Crippen LogP contribution is -2.17. The van der Waals surface area contributed by atoms with Gasteiger partial charge in [-0.1, -0.05) is 0 Å². The summed E-state index contributed by atoms with van der Waals surface area (Å²) in [4.78, 5) is 6.27. The fourth-order valence-electron chi connectivity index (χ4n) is 0.717. The summed E-state index contributed by atoms with van der Waals surface area (Å²) in [5.41, 5.74) is 1.11. The number of hydrogen-bond donors (Lipinski definition) is 0. The van der Waals surface area contributed by atoms with Gasteiger partial charge in [0, 0.05) is 12.3 Å². The van der Waals surface area contributed by atoms with Crippen LogP contribution in [0.4, 0.5) is 0 Å². The van der Waals surface area contributed by atoms with Crippen molar-refractivity contribution in [3.8, 4) is 0 Å². The van der Waals surface area contributed by atoms with Crippen LogP contribution in [0, 0.1) is 0 Å². The minimum atomic E-state index is 0.588. The molecule has 0 N–H and O–H groups in total. The number of nitrogens with zero attached hydrogens (tertiary/aromatic N) is 2. The van der Waals surface area contributed by atoms with Crippen LogP contribution < -0.4 is 0 Å². The first-order chi connectivity index (χ1) is 3.83. The average molecular weight is 133 g/mol. The van der Waals surface area contributed by atoms with Crippen molar-refractivity contribution < 1.29 is 0 Å². The van der Waals surface area contributed by atoms with Crippen LogP contribution in [0.1, 0.15) is 0 Å². The molecular weight excluding hydrogens is 124 g/mol. The highest BCUT2D eigenvalue weighted by atomic mass is 35.5. The van der Waals surface area contributed by atoms with Gasteiger partial charge in [0.25, 0.3) is 0 Å². The van der Waals surface area contributed by atoms with E-state index in [1.54, 1.807) is 0 Å². The molecule has 0 aliphatic carbocycles. The van der Waals surface area contributed by atoms with Crippen LogP contribution >= 0.6 is 11.6 Å². The van der Waals surface area contributed by atoms with Crippen molar-refractivity contribution in [2.24, 2.45) is 4.99 Å². The van der Waals surface area contributed by atoms with Crippen molar-refractivity contribution in [1.82, 2.24) is 4.90 Å². The summed E-state index contributed by atoms with van der Waals surface area (Å²) in [6.07, 6.45) is 0. The van der Waals surface area contributed by atoms with E-state index in [0.29, 0.717) is 5.88 Å². The lowest BCUT2D eigenvalue weighted by molar-refractivity contribution is 0.421. The number of aliphatic imine (C=N–C) groups is 1. The third kappa shape index (κ3) is 1.20. The molecule has 0 aromatic heterocycles. The molecule has 0 saturated carbocycles. The average Bonchev–Trinajstić information content (AvgIpc) is 2.14. The minimum absolute atomic E-state index is 0.588. The van der Waals surface area contributed by atoms with Crippen LogP contribution in [-0.2, 0) is 0 Å². The van der Waals surface area contributed by atoms with E-state index in [4.69, 9.17) is 11.6 Å². The molecular formula is C5H9ClN2. The van der Waals surface area contributed by atoms with Crippen LogP contribution in [0.25, 0.3) is 0 Å². The molecule has 8 heavy (non-hydrogen) atoms. The Hall–Kier alpha value is -0.0800. The van der Waals surface area contributed by atoms with E-state index in [-0.39, 0.29) is 0 Å². The molecule has 1 rings (SSSR count). The van der Waals surface area contributed by atoms with Gasteiger partial charge in [-0.2, -0.15) is 0 Å². The number of halogens is 1. The summed E-state index contributed by atoms with van der Waals surface area (Å²) >= 11 is 5.52. The second-order valence-electron chi connectivity index (χ2n) is 2.01. The maximum Gasteiger partial charge on any atom is 0.0910 e. The predicted molar refractivity (Wildman–Crippen MR) is 35.7 cm³/mol. The van der Waals surface area contributed by atoms with E-state index in [2.05, 4.69) is 9.89 Å². The lowest BCUT2D eigenvalue weighted by atomic mass is 10.4. The Morgan fingerprint density at radius 2 is 2.62 bits per heavy atom. The zero-order valence-corrected chi connectivity index (χ0v) is 5.65. The van der Waals surface area contributed by atoms with Gasteiger partial charge in [0.1, 0.15) is 0 Å². The summed E-state index contributed by atoms with van der Waals surface area (Å²) in [5, 5.41) is 0. The van der Waals surface area contributed by atoms with Gasteiger partial charge in [-0.05, 0) is 7.05 Å². The molecule has 0 saturated heterocycles. The molecule has 0 aromatic rings. The molecule has 3 heteroatoms. The topological polar surface area (TPSA) is 15.6 Å². The third-order valence-corrected chi connectivity index (χ3v) is 1.45. The van der Waals surface area contributed by atoms with Gasteiger partial charge < -0.3 is 0 Å².